The molecule has 0 bridgehead atoms. The van der Waals surface area contributed by atoms with E-state index in [2.05, 4.69) is 5.48 Å². The predicted molar refractivity (Wildman–Crippen MR) is 125 cm³/mol. The number of hydrogen-bond donors (Lipinski definition) is 2. The first-order valence-electron chi connectivity index (χ1n) is 10.6. The lowest BCUT2D eigenvalue weighted by Crippen LogP contribution is -2.61. The number of aliphatic hydroxyl groups is 1. The number of benzene rings is 2. The molecule has 188 valence electrons. The number of likely N-dealkylation sites (tertiary alicyclic amines) is 1. The molecule has 2 aromatic rings. The molecule has 1 saturated heterocycles. The second-order valence-electron chi connectivity index (χ2n) is 9.60. The van der Waals surface area contributed by atoms with Gasteiger partial charge in [0.15, 0.2) is 0 Å². The van der Waals surface area contributed by atoms with Crippen molar-refractivity contribution in [3.05, 3.63) is 75.3 Å². The quantitative estimate of drug-likeness (QED) is 0.527. The molecule has 0 aliphatic carbocycles. The maximum atomic E-state index is 14.2. The number of halogens is 5. The van der Waals surface area contributed by atoms with E-state index in [9.17, 15) is 23.1 Å². The standard InChI is InChI=1S/C24H23Cl2F3N2O4/c1-21(2,3)34-20(32)31-12-22(33,13-31)15-6-4-14(5-7-15)19-11-23(35-30-19,24(27,28)29)16-8-17(25)10-18(26)9-16/h4-11,30,33H,12-13H2,1-3H3. The monoisotopic (exact) mass is 530 g/mol. The summed E-state index contributed by atoms with van der Waals surface area (Å²) in [6.07, 6.45) is -4.42. The summed E-state index contributed by atoms with van der Waals surface area (Å²) in [5.74, 6) is 0. The lowest BCUT2D eigenvalue weighted by Gasteiger charge is -2.46. The molecule has 11 heteroatoms. The Balaban J connectivity index is 1.55. The van der Waals surface area contributed by atoms with Crippen molar-refractivity contribution < 1.29 is 32.6 Å². The number of nitrogens with one attached hydrogen (secondary N) is 1. The first kappa shape index (κ1) is 25.6. The maximum absolute atomic E-state index is 14.2. The smallest absolute Gasteiger partial charge is 0.428 e. The molecule has 1 fully saturated rings. The van der Waals surface area contributed by atoms with Gasteiger partial charge in [-0.05, 0) is 56.2 Å². The van der Waals surface area contributed by atoms with Gasteiger partial charge < -0.3 is 14.7 Å². The van der Waals surface area contributed by atoms with Gasteiger partial charge in [0.25, 0.3) is 0 Å². The van der Waals surface area contributed by atoms with Crippen LogP contribution in [0.15, 0.2) is 48.5 Å². The summed E-state index contributed by atoms with van der Waals surface area (Å²) in [6, 6.07) is 9.92. The lowest BCUT2D eigenvalue weighted by molar-refractivity contribution is -0.269. The van der Waals surface area contributed by atoms with E-state index in [1.165, 1.54) is 11.0 Å². The zero-order valence-corrected chi connectivity index (χ0v) is 20.6. The largest absolute Gasteiger partial charge is 0.444 e. The van der Waals surface area contributed by atoms with Crippen molar-refractivity contribution in [3.63, 3.8) is 0 Å². The van der Waals surface area contributed by atoms with E-state index in [4.69, 9.17) is 32.8 Å². The zero-order chi connectivity index (χ0) is 25.8. The molecule has 35 heavy (non-hydrogen) atoms. The van der Waals surface area contributed by atoms with E-state index in [0.717, 1.165) is 18.2 Å². The summed E-state index contributed by atoms with van der Waals surface area (Å²) in [4.78, 5) is 18.6. The van der Waals surface area contributed by atoms with Gasteiger partial charge in [-0.3, -0.25) is 10.3 Å². The van der Waals surface area contributed by atoms with Crippen LogP contribution in [0.3, 0.4) is 0 Å². The van der Waals surface area contributed by atoms with Crippen molar-refractivity contribution in [1.82, 2.24) is 10.4 Å². The van der Waals surface area contributed by atoms with Crippen LogP contribution in [0.2, 0.25) is 10.0 Å². The van der Waals surface area contributed by atoms with Gasteiger partial charge in [0, 0.05) is 15.6 Å². The van der Waals surface area contributed by atoms with Gasteiger partial charge in [0.05, 0.1) is 18.8 Å². The summed E-state index contributed by atoms with van der Waals surface area (Å²) >= 11 is 11.9. The number of nitrogens with zero attached hydrogens (tertiary/aromatic N) is 1. The van der Waals surface area contributed by atoms with E-state index in [1.54, 1.807) is 45.0 Å². The molecule has 4 rings (SSSR count). The van der Waals surface area contributed by atoms with Crippen LogP contribution in [0, 0.1) is 0 Å². The van der Waals surface area contributed by atoms with Gasteiger partial charge in [-0.15, -0.1) is 0 Å². The Morgan fingerprint density at radius 2 is 1.63 bits per heavy atom. The van der Waals surface area contributed by atoms with Crippen LogP contribution >= 0.6 is 23.2 Å². The Labute approximate surface area is 210 Å². The molecular formula is C24H23Cl2F3N2O4. The minimum atomic E-state index is -4.82. The van der Waals surface area contributed by atoms with Crippen LogP contribution in [-0.4, -0.2) is 41.0 Å². The van der Waals surface area contributed by atoms with Crippen LogP contribution in [-0.2, 0) is 20.8 Å². The van der Waals surface area contributed by atoms with E-state index < -0.39 is 29.1 Å². The molecule has 2 aromatic carbocycles. The Kier molecular flexibility index (Phi) is 6.29. The number of carbonyl (C=O) groups excluding carboxylic acids is 1. The van der Waals surface area contributed by atoms with Gasteiger partial charge in [-0.1, -0.05) is 47.5 Å². The fourth-order valence-electron chi connectivity index (χ4n) is 3.94. The molecule has 0 spiro atoms. The van der Waals surface area contributed by atoms with Gasteiger partial charge in [0.2, 0.25) is 5.60 Å². The molecule has 1 atom stereocenters. The summed E-state index contributed by atoms with van der Waals surface area (Å²) in [6.45, 7) is 5.33. The first-order chi connectivity index (χ1) is 16.1. The van der Waals surface area contributed by atoms with Crippen molar-refractivity contribution in [2.75, 3.05) is 13.1 Å². The number of carbonyl (C=O) groups is 1. The number of rotatable bonds is 3. The van der Waals surface area contributed by atoms with Crippen molar-refractivity contribution in [2.45, 2.75) is 43.8 Å². The summed E-state index contributed by atoms with van der Waals surface area (Å²) in [7, 11) is 0. The number of alkyl halides is 3. The Bertz CT molecular complexity index is 1150. The molecule has 1 amide bonds. The Morgan fingerprint density at radius 3 is 2.14 bits per heavy atom. The normalized spacial score (nSPS) is 21.7. The van der Waals surface area contributed by atoms with E-state index in [-0.39, 0.29) is 34.4 Å². The van der Waals surface area contributed by atoms with Crippen LogP contribution in [0.5, 0.6) is 0 Å². The number of β-amino-alcohol motifs (C(OH)–C–C–N with tert-alkyl or cyclic N) is 1. The topological polar surface area (TPSA) is 71.0 Å². The highest BCUT2D eigenvalue weighted by atomic mass is 35.5. The molecule has 0 saturated carbocycles. The highest BCUT2D eigenvalue weighted by molar-refractivity contribution is 6.34. The third-order valence-corrected chi connectivity index (χ3v) is 6.11. The van der Waals surface area contributed by atoms with Crippen molar-refractivity contribution in [1.29, 1.82) is 0 Å². The SMILES string of the molecule is CC(C)(C)OC(=O)N1CC(O)(c2ccc(C3=CC(c4cc(Cl)cc(Cl)c4)(C(F)(F)F)ON3)cc2)C1. The first-order valence-corrected chi connectivity index (χ1v) is 11.4. The molecule has 2 heterocycles. The molecule has 1 unspecified atom stereocenters. The molecule has 2 N–H and O–H groups in total. The molecule has 2 aliphatic heterocycles. The summed E-state index contributed by atoms with van der Waals surface area (Å²) in [5.41, 5.74) is -1.64. The highest BCUT2D eigenvalue weighted by Gasteiger charge is 2.59. The number of amides is 1. The third-order valence-electron chi connectivity index (χ3n) is 5.67. The minimum absolute atomic E-state index is 0.0397. The number of hydroxylamine groups is 1. The highest BCUT2D eigenvalue weighted by Crippen LogP contribution is 2.48. The second kappa shape index (κ2) is 8.58. The van der Waals surface area contributed by atoms with Crippen molar-refractivity contribution >= 4 is 35.0 Å². The van der Waals surface area contributed by atoms with Crippen LogP contribution in [0.1, 0.15) is 37.5 Å². The average molecular weight is 531 g/mol. The van der Waals surface area contributed by atoms with E-state index in [1.807, 2.05) is 0 Å². The van der Waals surface area contributed by atoms with E-state index >= 15 is 0 Å². The fraction of sp³-hybridized carbons (Fsp3) is 0.375. The van der Waals surface area contributed by atoms with Gasteiger partial charge >= 0.3 is 12.3 Å². The zero-order valence-electron chi connectivity index (χ0n) is 19.0. The second-order valence-corrected chi connectivity index (χ2v) is 10.5. The lowest BCUT2D eigenvalue weighted by atomic mass is 9.85. The molecule has 2 aliphatic rings. The van der Waals surface area contributed by atoms with Crippen molar-refractivity contribution in [3.8, 4) is 0 Å². The van der Waals surface area contributed by atoms with E-state index in [0.29, 0.717) is 11.1 Å². The van der Waals surface area contributed by atoms with Crippen LogP contribution in [0.4, 0.5) is 18.0 Å². The predicted octanol–water partition coefficient (Wildman–Crippen LogP) is 5.77. The molecule has 0 radical (unpaired) electrons. The number of ether oxygens (including phenoxy) is 1. The molecule has 6 nitrogen and oxygen atoms in total. The average Bonchev–Trinajstić information content (AvgIpc) is 3.16. The molecular weight excluding hydrogens is 508 g/mol. The molecule has 0 aromatic heterocycles. The van der Waals surface area contributed by atoms with Gasteiger partial charge in [-0.25, -0.2) is 4.79 Å². The van der Waals surface area contributed by atoms with Gasteiger partial charge in [0.1, 0.15) is 11.2 Å². The van der Waals surface area contributed by atoms with Gasteiger partial charge in [-0.2, -0.15) is 13.2 Å². The number of hydrogen-bond acceptors (Lipinski definition) is 5. The summed E-state index contributed by atoms with van der Waals surface area (Å²) in [5, 5.41) is 11.0. The Hall–Kier alpha value is -2.46. The fourth-order valence-corrected chi connectivity index (χ4v) is 4.46. The van der Waals surface area contributed by atoms with Crippen LogP contribution < -0.4 is 5.48 Å². The van der Waals surface area contributed by atoms with Crippen LogP contribution in [0.25, 0.3) is 5.70 Å². The third kappa shape index (κ3) is 4.95. The minimum Gasteiger partial charge on any atom is -0.444 e. The summed E-state index contributed by atoms with van der Waals surface area (Å²) < 4.78 is 47.8. The maximum Gasteiger partial charge on any atom is 0.428 e. The van der Waals surface area contributed by atoms with Crippen molar-refractivity contribution in [2.24, 2.45) is 0 Å². The Morgan fingerprint density at radius 1 is 1.06 bits per heavy atom.